The predicted molar refractivity (Wildman–Crippen MR) is 239 cm³/mol. The van der Waals surface area contributed by atoms with Gasteiger partial charge in [-0.2, -0.15) is 0 Å². The number of hydrogen-bond acceptors (Lipinski definition) is 6. The molecule has 57 heavy (non-hydrogen) atoms. The molecule has 0 amide bonds. The molecule has 4 aromatic rings. The summed E-state index contributed by atoms with van der Waals surface area (Å²) in [6, 6.07) is 18.3. The smallest absolute Gasteiger partial charge is 0.744 e. The van der Waals surface area contributed by atoms with Crippen LogP contribution in [0.2, 0.25) is 0 Å². The molecule has 0 saturated carbocycles. The number of unbranched alkanes of at least 4 members (excludes halogenated alkanes) is 16. The van der Waals surface area contributed by atoms with Crippen LogP contribution >= 0.6 is 0 Å². The summed E-state index contributed by atoms with van der Waals surface area (Å²) >= 11 is 0. The van der Waals surface area contributed by atoms with Crippen molar-refractivity contribution in [2.45, 2.75) is 192 Å². The fraction of sp³-hybridized carbons (Fsp3) is 0.583. The monoisotopic (exact) mass is 846 g/mol. The Kier molecular flexibility index (Phi) is 25.4. The zero-order chi connectivity index (χ0) is 40.8. The zero-order valence-electron chi connectivity index (χ0n) is 35.7. The molecule has 4 aromatic carbocycles. The third kappa shape index (κ3) is 17.5. The molecule has 0 aromatic heterocycles. The molecule has 312 valence electrons. The van der Waals surface area contributed by atoms with E-state index in [2.05, 4.69) is 27.7 Å². The molecule has 0 atom stereocenters. The van der Waals surface area contributed by atoms with Crippen molar-refractivity contribution >= 4 is 79.5 Å². The van der Waals surface area contributed by atoms with Crippen LogP contribution in [-0.4, -0.2) is 63.7 Å². The van der Waals surface area contributed by atoms with Gasteiger partial charge in [-0.1, -0.05) is 179 Å². The van der Waals surface area contributed by atoms with Gasteiger partial charge < -0.3 is 9.11 Å². The minimum Gasteiger partial charge on any atom is -0.744 e. The molecule has 0 spiro atoms. The van der Waals surface area contributed by atoms with Gasteiger partial charge in [0.1, 0.15) is 20.2 Å². The number of rotatable bonds is 26. The van der Waals surface area contributed by atoms with Gasteiger partial charge in [0, 0.05) is 0 Å². The van der Waals surface area contributed by atoms with Gasteiger partial charge in [0.2, 0.25) is 0 Å². The first-order valence-corrected chi connectivity index (χ1v) is 24.8. The van der Waals surface area contributed by atoms with Gasteiger partial charge in [0.15, 0.2) is 0 Å². The molecule has 0 saturated heterocycles. The van der Waals surface area contributed by atoms with E-state index in [0.29, 0.717) is 10.8 Å². The second kappa shape index (κ2) is 28.1. The third-order valence-corrected chi connectivity index (χ3v) is 12.9. The topological polar surface area (TPSA) is 114 Å². The van der Waals surface area contributed by atoms with E-state index >= 15 is 0 Å². The Morgan fingerprint density at radius 2 is 0.649 bits per heavy atom. The average molecular weight is 847 g/mol. The van der Waals surface area contributed by atoms with E-state index in [1.165, 1.54) is 101 Å². The number of hydrogen-bond donors (Lipinski definition) is 0. The summed E-state index contributed by atoms with van der Waals surface area (Å²) in [5, 5.41) is 3.04. The fourth-order valence-corrected chi connectivity index (χ4v) is 9.48. The molecule has 0 heterocycles. The summed E-state index contributed by atoms with van der Waals surface area (Å²) in [4.78, 5) is -0.109. The Hall–Kier alpha value is -1.52. The summed E-state index contributed by atoms with van der Waals surface area (Å²) in [5.74, 6) is 0. The summed E-state index contributed by atoms with van der Waals surface area (Å²) in [6.07, 6.45) is 27.4. The van der Waals surface area contributed by atoms with E-state index in [-0.39, 0.29) is 47.5 Å². The Morgan fingerprint density at radius 3 is 0.930 bits per heavy atom. The molecule has 0 N–H and O–H groups in total. The molecular formula is C48H70CaO6S2. The van der Waals surface area contributed by atoms with Crippen molar-refractivity contribution < 1.29 is 25.9 Å². The van der Waals surface area contributed by atoms with Gasteiger partial charge in [-0.05, 0) is 107 Å². The third-order valence-electron chi connectivity index (χ3n) is 11.1. The minimum absolute atomic E-state index is 0. The van der Waals surface area contributed by atoms with Crippen molar-refractivity contribution in [3.05, 3.63) is 82.9 Å². The Bertz CT molecular complexity index is 1830. The van der Waals surface area contributed by atoms with Crippen molar-refractivity contribution in [2.75, 3.05) is 0 Å². The Labute approximate surface area is 376 Å². The van der Waals surface area contributed by atoms with Crippen LogP contribution in [0.3, 0.4) is 0 Å². The van der Waals surface area contributed by atoms with E-state index < -0.39 is 20.2 Å². The van der Waals surface area contributed by atoms with Crippen molar-refractivity contribution in [3.8, 4) is 0 Å². The largest absolute Gasteiger partial charge is 2.00 e. The molecule has 0 aliphatic carbocycles. The second-order valence-corrected chi connectivity index (χ2v) is 18.4. The molecule has 0 unspecified atom stereocenters. The molecule has 0 bridgehead atoms. The molecule has 4 rings (SSSR count). The maximum atomic E-state index is 11.9. The van der Waals surface area contributed by atoms with E-state index in [1.54, 1.807) is 24.3 Å². The molecule has 0 radical (unpaired) electrons. The van der Waals surface area contributed by atoms with Gasteiger partial charge in [0.05, 0.1) is 9.79 Å². The first kappa shape index (κ1) is 51.6. The van der Waals surface area contributed by atoms with Crippen LogP contribution in [-0.2, 0) is 45.9 Å². The van der Waals surface area contributed by atoms with Crippen LogP contribution < -0.4 is 0 Å². The molecule has 9 heteroatoms. The van der Waals surface area contributed by atoms with Crippen LogP contribution in [0.1, 0.15) is 178 Å². The van der Waals surface area contributed by atoms with Gasteiger partial charge >= 0.3 is 37.7 Å². The van der Waals surface area contributed by atoms with Crippen LogP contribution in [0, 0.1) is 0 Å². The Morgan fingerprint density at radius 1 is 0.386 bits per heavy atom. The number of aryl methyl sites for hydroxylation is 4. The molecule has 0 fully saturated rings. The predicted octanol–water partition coefficient (Wildman–Crippen LogP) is 13.2. The first-order valence-electron chi connectivity index (χ1n) is 22.0. The SMILES string of the molecule is CCCCCCCc1cc(S(=O)(=O)[O-])c2ccccc2c1CCCCCCC.CCCCCCCc1cc(S(=O)(=O)[O-])c2ccccc2c1CCCCCCC.[Ca+2]. The fourth-order valence-electron chi connectivity index (χ4n) is 8.01. The average Bonchev–Trinajstić information content (AvgIpc) is 3.17. The van der Waals surface area contributed by atoms with Crippen LogP contribution in [0.15, 0.2) is 70.5 Å². The molecule has 0 aliphatic rings. The van der Waals surface area contributed by atoms with E-state index in [0.717, 1.165) is 86.1 Å². The second-order valence-electron chi connectivity index (χ2n) is 15.7. The number of benzene rings is 4. The standard InChI is InChI=1S/2C24H36O3S.Ca/c2*1-3-5-7-9-11-15-20-19-24(28(25,26)27)23-18-14-13-17-22(23)21(20)16-12-10-8-6-4-2;/h2*13-14,17-19H,3-12,15-16H2,1-2H3,(H,25,26,27);/q;;+2/p-2. The maximum absolute atomic E-state index is 11.9. The summed E-state index contributed by atoms with van der Waals surface area (Å²) < 4.78 is 71.4. The molecule has 6 nitrogen and oxygen atoms in total. The summed E-state index contributed by atoms with van der Waals surface area (Å²) in [7, 11) is -8.98. The normalized spacial score (nSPS) is 11.8. The zero-order valence-corrected chi connectivity index (χ0v) is 39.6. The first-order chi connectivity index (χ1) is 27.0. The summed E-state index contributed by atoms with van der Waals surface area (Å²) in [6.45, 7) is 8.83. The Balaban J connectivity index is 0.000000387. The molecule has 0 aliphatic heterocycles. The van der Waals surface area contributed by atoms with Gasteiger partial charge in [-0.15, -0.1) is 0 Å². The van der Waals surface area contributed by atoms with Crippen molar-refractivity contribution in [2.24, 2.45) is 0 Å². The van der Waals surface area contributed by atoms with Crippen LogP contribution in [0.5, 0.6) is 0 Å². The summed E-state index contributed by atoms with van der Waals surface area (Å²) in [5.41, 5.74) is 4.60. The van der Waals surface area contributed by atoms with Crippen molar-refractivity contribution in [3.63, 3.8) is 0 Å². The minimum atomic E-state index is -4.49. The van der Waals surface area contributed by atoms with Gasteiger partial charge in [0.25, 0.3) is 0 Å². The van der Waals surface area contributed by atoms with Crippen molar-refractivity contribution in [1.29, 1.82) is 0 Å². The van der Waals surface area contributed by atoms with Crippen LogP contribution in [0.4, 0.5) is 0 Å². The number of fused-ring (bicyclic) bond motifs is 2. The van der Waals surface area contributed by atoms with Gasteiger partial charge in [-0.25, -0.2) is 16.8 Å². The van der Waals surface area contributed by atoms with Gasteiger partial charge in [-0.3, -0.25) is 0 Å². The van der Waals surface area contributed by atoms with E-state index in [4.69, 9.17) is 0 Å². The maximum Gasteiger partial charge on any atom is 2.00 e. The van der Waals surface area contributed by atoms with Crippen molar-refractivity contribution in [1.82, 2.24) is 0 Å². The van der Waals surface area contributed by atoms with Crippen LogP contribution in [0.25, 0.3) is 21.5 Å². The van der Waals surface area contributed by atoms with E-state index in [1.807, 2.05) is 36.4 Å². The quantitative estimate of drug-likeness (QED) is 0.0353. The molecular weight excluding hydrogens is 777 g/mol. The van der Waals surface area contributed by atoms with E-state index in [9.17, 15) is 25.9 Å².